The van der Waals surface area contributed by atoms with Crippen LogP contribution in [0.25, 0.3) is 0 Å². The molecule has 5 heteroatoms. The molecule has 1 atom stereocenters. The quantitative estimate of drug-likeness (QED) is 0.791. The Morgan fingerprint density at radius 2 is 1.90 bits per heavy atom. The van der Waals surface area contributed by atoms with Crippen LogP contribution >= 0.6 is 0 Å². The minimum Gasteiger partial charge on any atom is -0.508 e. The van der Waals surface area contributed by atoms with E-state index in [1.807, 2.05) is 6.92 Å². The summed E-state index contributed by atoms with van der Waals surface area (Å²) in [6.07, 6.45) is 0. The predicted molar refractivity (Wildman–Crippen MR) is 76.5 cm³/mol. The highest BCUT2D eigenvalue weighted by Gasteiger charge is 2.22. The zero-order chi connectivity index (χ0) is 15.4. The number of carboxylic acids is 1. The molecule has 0 amide bonds. The first-order valence-corrected chi connectivity index (χ1v) is 6.47. The van der Waals surface area contributed by atoms with Crippen LogP contribution in [0.2, 0.25) is 0 Å². The maximum atomic E-state index is 12.8. The average molecular weight is 289 g/mol. The van der Waals surface area contributed by atoms with Crippen LogP contribution in [-0.2, 0) is 11.3 Å². The van der Waals surface area contributed by atoms with Gasteiger partial charge in [-0.25, -0.2) is 4.39 Å². The van der Waals surface area contributed by atoms with Crippen LogP contribution < -0.4 is 5.32 Å². The molecule has 2 aromatic carbocycles. The summed E-state index contributed by atoms with van der Waals surface area (Å²) < 4.78 is 12.8. The van der Waals surface area contributed by atoms with Crippen molar-refractivity contribution in [2.75, 3.05) is 0 Å². The molecule has 0 aliphatic heterocycles. The summed E-state index contributed by atoms with van der Waals surface area (Å²) in [6, 6.07) is 9.57. The lowest BCUT2D eigenvalue weighted by Gasteiger charge is -2.16. The highest BCUT2D eigenvalue weighted by molar-refractivity contribution is 5.76. The standard InChI is InChI=1S/C16H16FNO3/c1-10-2-7-14(19)13(8-10)15(16(20)21)18-9-11-3-5-12(17)6-4-11/h2-8,15,18-19H,9H2,1H3,(H,20,21). The lowest BCUT2D eigenvalue weighted by atomic mass is 10.0. The number of hydrogen-bond acceptors (Lipinski definition) is 3. The van der Waals surface area contributed by atoms with Gasteiger partial charge in [0.05, 0.1) is 0 Å². The molecule has 4 nitrogen and oxygen atoms in total. The maximum Gasteiger partial charge on any atom is 0.325 e. The molecule has 0 aromatic heterocycles. The van der Waals surface area contributed by atoms with Crippen molar-refractivity contribution in [3.63, 3.8) is 0 Å². The minimum atomic E-state index is -1.09. The van der Waals surface area contributed by atoms with Crippen LogP contribution in [0.1, 0.15) is 22.7 Å². The number of aromatic hydroxyl groups is 1. The number of benzene rings is 2. The number of phenolic OH excluding ortho intramolecular Hbond substituents is 1. The van der Waals surface area contributed by atoms with Gasteiger partial charge in [-0.15, -0.1) is 0 Å². The first-order valence-electron chi connectivity index (χ1n) is 6.47. The molecule has 0 heterocycles. The Kier molecular flexibility index (Phi) is 4.55. The molecule has 0 saturated heterocycles. The van der Waals surface area contributed by atoms with Crippen molar-refractivity contribution in [2.45, 2.75) is 19.5 Å². The van der Waals surface area contributed by atoms with Gasteiger partial charge in [0.15, 0.2) is 0 Å². The fraction of sp³-hybridized carbons (Fsp3) is 0.188. The van der Waals surface area contributed by atoms with E-state index >= 15 is 0 Å². The number of hydrogen-bond donors (Lipinski definition) is 3. The van der Waals surface area contributed by atoms with E-state index in [9.17, 15) is 19.4 Å². The molecule has 0 aliphatic rings. The Morgan fingerprint density at radius 3 is 2.52 bits per heavy atom. The second kappa shape index (κ2) is 6.37. The van der Waals surface area contributed by atoms with E-state index in [0.717, 1.165) is 11.1 Å². The molecule has 21 heavy (non-hydrogen) atoms. The van der Waals surface area contributed by atoms with Crippen molar-refractivity contribution < 1.29 is 19.4 Å². The van der Waals surface area contributed by atoms with Crippen LogP contribution in [0.3, 0.4) is 0 Å². The fourth-order valence-corrected chi connectivity index (χ4v) is 2.06. The van der Waals surface area contributed by atoms with Crippen LogP contribution in [0.15, 0.2) is 42.5 Å². The summed E-state index contributed by atoms with van der Waals surface area (Å²) in [5.41, 5.74) is 1.93. The van der Waals surface area contributed by atoms with Gasteiger partial charge >= 0.3 is 5.97 Å². The first-order chi connectivity index (χ1) is 9.97. The number of phenols is 1. The molecule has 3 N–H and O–H groups in total. The van der Waals surface area contributed by atoms with Gasteiger partial charge in [0, 0.05) is 12.1 Å². The van der Waals surface area contributed by atoms with Crippen molar-refractivity contribution in [3.8, 4) is 5.75 Å². The summed E-state index contributed by atoms with van der Waals surface area (Å²) in [7, 11) is 0. The molecule has 2 rings (SSSR count). The summed E-state index contributed by atoms with van der Waals surface area (Å²) in [5, 5.41) is 22.0. The Hall–Kier alpha value is -2.40. The monoisotopic (exact) mass is 289 g/mol. The van der Waals surface area contributed by atoms with Crippen molar-refractivity contribution in [1.82, 2.24) is 5.32 Å². The number of carbonyl (C=O) groups is 1. The Labute approximate surface area is 121 Å². The molecule has 0 bridgehead atoms. The van der Waals surface area contributed by atoms with Gasteiger partial charge < -0.3 is 10.2 Å². The second-order valence-corrected chi connectivity index (χ2v) is 4.84. The van der Waals surface area contributed by atoms with Gasteiger partial charge in [-0.2, -0.15) is 0 Å². The third kappa shape index (κ3) is 3.79. The van der Waals surface area contributed by atoms with Crippen molar-refractivity contribution in [1.29, 1.82) is 0 Å². The summed E-state index contributed by atoms with van der Waals surface area (Å²) >= 11 is 0. The van der Waals surface area contributed by atoms with E-state index in [4.69, 9.17) is 0 Å². The lowest BCUT2D eigenvalue weighted by Crippen LogP contribution is -2.28. The Balaban J connectivity index is 2.18. The van der Waals surface area contributed by atoms with Gasteiger partial charge in [-0.1, -0.05) is 29.8 Å². The molecule has 1 unspecified atom stereocenters. The summed E-state index contributed by atoms with van der Waals surface area (Å²) in [4.78, 5) is 11.4. The van der Waals surface area contributed by atoms with Gasteiger partial charge in [0.25, 0.3) is 0 Å². The van der Waals surface area contributed by atoms with E-state index < -0.39 is 12.0 Å². The minimum absolute atomic E-state index is 0.0698. The molecular formula is C16H16FNO3. The zero-order valence-electron chi connectivity index (χ0n) is 11.5. The third-order valence-corrected chi connectivity index (χ3v) is 3.16. The maximum absolute atomic E-state index is 12.8. The van der Waals surface area contributed by atoms with Crippen molar-refractivity contribution >= 4 is 5.97 Å². The van der Waals surface area contributed by atoms with Crippen LogP contribution in [0.5, 0.6) is 5.75 Å². The fourth-order valence-electron chi connectivity index (χ4n) is 2.06. The Bertz CT molecular complexity index is 640. The highest BCUT2D eigenvalue weighted by Crippen LogP contribution is 2.25. The molecule has 0 fully saturated rings. The smallest absolute Gasteiger partial charge is 0.325 e. The van der Waals surface area contributed by atoms with E-state index in [2.05, 4.69) is 5.32 Å². The zero-order valence-corrected chi connectivity index (χ0v) is 11.5. The lowest BCUT2D eigenvalue weighted by molar-refractivity contribution is -0.139. The van der Waals surface area contributed by atoms with Gasteiger partial charge in [0.1, 0.15) is 17.6 Å². The molecule has 0 spiro atoms. The first kappa shape index (κ1) is 15.0. The number of rotatable bonds is 5. The molecule has 0 saturated carbocycles. The van der Waals surface area contributed by atoms with Crippen molar-refractivity contribution in [2.24, 2.45) is 0 Å². The third-order valence-electron chi connectivity index (χ3n) is 3.16. The number of nitrogens with one attached hydrogen (secondary N) is 1. The largest absolute Gasteiger partial charge is 0.508 e. The van der Waals surface area contributed by atoms with E-state index in [1.165, 1.54) is 18.2 Å². The van der Waals surface area contributed by atoms with E-state index in [1.54, 1.807) is 24.3 Å². The average Bonchev–Trinajstić information content (AvgIpc) is 2.44. The number of aryl methyl sites for hydroxylation is 1. The molecule has 110 valence electrons. The number of aliphatic carboxylic acids is 1. The normalized spacial score (nSPS) is 12.1. The van der Waals surface area contributed by atoms with Crippen LogP contribution in [-0.4, -0.2) is 16.2 Å². The molecule has 0 radical (unpaired) electrons. The highest BCUT2D eigenvalue weighted by atomic mass is 19.1. The molecule has 2 aromatic rings. The molecular weight excluding hydrogens is 273 g/mol. The van der Waals surface area contributed by atoms with Crippen LogP contribution in [0.4, 0.5) is 4.39 Å². The van der Waals surface area contributed by atoms with Crippen molar-refractivity contribution in [3.05, 3.63) is 65.0 Å². The summed E-state index contributed by atoms with van der Waals surface area (Å²) in [5.74, 6) is -1.50. The van der Waals surface area contributed by atoms with Gasteiger partial charge in [0.2, 0.25) is 0 Å². The van der Waals surface area contributed by atoms with Gasteiger partial charge in [-0.3, -0.25) is 10.1 Å². The second-order valence-electron chi connectivity index (χ2n) is 4.84. The van der Waals surface area contributed by atoms with E-state index in [0.29, 0.717) is 5.56 Å². The topological polar surface area (TPSA) is 69.6 Å². The van der Waals surface area contributed by atoms with E-state index in [-0.39, 0.29) is 18.1 Å². The van der Waals surface area contributed by atoms with Crippen LogP contribution in [0, 0.1) is 12.7 Å². The molecule has 0 aliphatic carbocycles. The summed E-state index contributed by atoms with van der Waals surface area (Å²) in [6.45, 7) is 2.08. The SMILES string of the molecule is Cc1ccc(O)c(C(NCc2ccc(F)cc2)C(=O)O)c1. The Morgan fingerprint density at radius 1 is 1.24 bits per heavy atom. The predicted octanol–water partition coefficient (Wildman–Crippen LogP) is 2.76. The van der Waals surface area contributed by atoms with Gasteiger partial charge in [-0.05, 0) is 30.7 Å². The number of halogens is 1. The number of carboxylic acid groups (broad SMARTS) is 1.